The Kier molecular flexibility index (Phi) is 9.18. The van der Waals surface area contributed by atoms with Gasteiger partial charge in [-0.2, -0.15) is 0 Å². The van der Waals surface area contributed by atoms with Crippen LogP contribution in [0.25, 0.3) is 21.9 Å². The maximum Gasteiger partial charge on any atom is 0.413 e. The van der Waals surface area contributed by atoms with Gasteiger partial charge in [0, 0.05) is 67.4 Å². The van der Waals surface area contributed by atoms with E-state index in [0.717, 1.165) is 67.5 Å². The molecule has 310 valence electrons. The van der Waals surface area contributed by atoms with E-state index in [1.807, 2.05) is 11.8 Å². The highest BCUT2D eigenvalue weighted by molar-refractivity contribution is 6.25. The van der Waals surface area contributed by atoms with Crippen molar-refractivity contribution in [2.24, 2.45) is 11.3 Å². The number of ether oxygens (including phenoxy) is 2. The van der Waals surface area contributed by atoms with E-state index >= 15 is 4.39 Å². The number of fused-ring (bicyclic) bond motifs is 3. The number of anilines is 3. The molecule has 7 heterocycles. The van der Waals surface area contributed by atoms with Crippen molar-refractivity contribution >= 4 is 57.7 Å². The van der Waals surface area contributed by atoms with E-state index in [1.54, 1.807) is 18.3 Å². The maximum atomic E-state index is 15.3. The molecule has 5 amide bonds. The molecule has 1 aliphatic carbocycles. The number of rotatable bonds is 7. The molecule has 1 spiro atoms. The molecule has 17 heteroatoms. The first-order valence-corrected chi connectivity index (χ1v) is 20.4. The van der Waals surface area contributed by atoms with Crippen molar-refractivity contribution in [3.8, 4) is 17.0 Å². The van der Waals surface area contributed by atoms with Gasteiger partial charge in [-0.1, -0.05) is 0 Å². The van der Waals surface area contributed by atoms with Crippen LogP contribution in [-0.4, -0.2) is 108 Å². The van der Waals surface area contributed by atoms with Crippen molar-refractivity contribution in [3.63, 3.8) is 0 Å². The number of nitrogens with zero attached hydrogens (tertiary/aromatic N) is 5. The number of nitrogens with one attached hydrogen (secondary N) is 3. The fourth-order valence-electron chi connectivity index (χ4n) is 9.86. The predicted molar refractivity (Wildman–Crippen MR) is 214 cm³/mol. The highest BCUT2D eigenvalue weighted by Gasteiger charge is 2.49. The van der Waals surface area contributed by atoms with Crippen LogP contribution in [0.4, 0.5) is 30.8 Å². The SMILES string of the molecule is Cc1c(-c2cc3cc(NC(=O)OC4CC5(CCN(CC6CN(c7cc(F)cc8c7C(=O)N(C7CCC(=O)NC7=O)C8=O)C6)CC5)C4)ncc3cc2F)cnc2c1NCCO2. The van der Waals surface area contributed by atoms with Crippen LogP contribution in [0.5, 0.6) is 5.88 Å². The van der Waals surface area contributed by atoms with Crippen LogP contribution in [-0.2, 0) is 14.3 Å². The second-order valence-corrected chi connectivity index (χ2v) is 16.9. The lowest BCUT2D eigenvalue weighted by atomic mass is 9.61. The summed E-state index contributed by atoms with van der Waals surface area (Å²) in [4.78, 5) is 77.8. The van der Waals surface area contributed by atoms with Crippen molar-refractivity contribution in [1.82, 2.24) is 25.1 Å². The standard InChI is InChI=1S/C43H42F2N8O7/c1-22-30(18-48-39-37(22)46-6-9-59-39)28-10-24-12-34(47-17-25(24)11-31(28)45)49-42(58)60-27-15-43(16-27)4-7-51(8-5-43)19-23-20-52(21-23)33-14-26(44)13-29-36(33)41(57)53(40(29)56)32-2-3-35(54)50-38(32)55/h10-14,17-18,23,27,32,46H,2-9,15-16,19-21H2,1H3,(H,47,49,58)(H,50,54,55). The average molecular weight is 821 g/mol. The Hall–Kier alpha value is -6.23. The number of amides is 5. The summed E-state index contributed by atoms with van der Waals surface area (Å²) in [5, 5.41) is 9.51. The summed E-state index contributed by atoms with van der Waals surface area (Å²) in [6.45, 7) is 6.86. The van der Waals surface area contributed by atoms with Crippen LogP contribution in [0.15, 0.2) is 42.7 Å². The van der Waals surface area contributed by atoms with Gasteiger partial charge in [0.05, 0.1) is 16.8 Å². The number of piperidine rings is 2. The maximum absolute atomic E-state index is 15.3. The van der Waals surface area contributed by atoms with Crippen molar-refractivity contribution < 1.29 is 42.2 Å². The molecule has 2 aromatic heterocycles. The first-order valence-electron chi connectivity index (χ1n) is 20.4. The summed E-state index contributed by atoms with van der Waals surface area (Å²) in [5.74, 6) is -2.51. The predicted octanol–water partition coefficient (Wildman–Crippen LogP) is 5.02. The summed E-state index contributed by atoms with van der Waals surface area (Å²) in [7, 11) is 0. The fourth-order valence-corrected chi connectivity index (χ4v) is 9.86. The topological polar surface area (TPSA) is 175 Å². The molecule has 4 aromatic rings. The number of hydrogen-bond donors (Lipinski definition) is 3. The lowest BCUT2D eigenvalue weighted by Crippen LogP contribution is -2.55. The molecule has 60 heavy (non-hydrogen) atoms. The van der Waals surface area contributed by atoms with E-state index in [0.29, 0.717) is 65.5 Å². The minimum atomic E-state index is -1.12. The molecule has 0 bridgehead atoms. The number of hydrogen-bond acceptors (Lipinski definition) is 12. The van der Waals surface area contributed by atoms with Crippen LogP contribution in [0.1, 0.15) is 64.8 Å². The van der Waals surface area contributed by atoms with Gasteiger partial charge in [-0.25, -0.2) is 23.5 Å². The van der Waals surface area contributed by atoms with Crippen LogP contribution in [0.3, 0.4) is 0 Å². The molecule has 1 atom stereocenters. The fraction of sp³-hybridized carbons (Fsp3) is 0.419. The minimum absolute atomic E-state index is 0.00504. The van der Waals surface area contributed by atoms with Gasteiger partial charge in [0.1, 0.15) is 41.9 Å². The molecule has 6 aliphatic rings. The van der Waals surface area contributed by atoms with Gasteiger partial charge < -0.3 is 24.6 Å². The molecule has 0 radical (unpaired) electrons. The quantitative estimate of drug-likeness (QED) is 0.213. The zero-order valence-corrected chi connectivity index (χ0v) is 32.8. The Morgan fingerprint density at radius 2 is 1.77 bits per heavy atom. The van der Waals surface area contributed by atoms with E-state index in [1.165, 1.54) is 18.3 Å². The van der Waals surface area contributed by atoms with Crippen LogP contribution in [0, 0.1) is 29.9 Å². The summed E-state index contributed by atoms with van der Waals surface area (Å²) in [6, 6.07) is 6.05. The number of imide groups is 2. The van der Waals surface area contributed by atoms with E-state index < -0.39 is 47.4 Å². The first kappa shape index (κ1) is 38.0. The minimum Gasteiger partial charge on any atom is -0.474 e. The second kappa shape index (κ2) is 14.5. The van der Waals surface area contributed by atoms with Crippen molar-refractivity contribution in [2.45, 2.75) is 57.6 Å². The van der Waals surface area contributed by atoms with Gasteiger partial charge in [-0.15, -0.1) is 0 Å². The van der Waals surface area contributed by atoms with Gasteiger partial charge in [-0.05, 0) is 98.8 Å². The van der Waals surface area contributed by atoms with E-state index in [9.17, 15) is 28.4 Å². The summed E-state index contributed by atoms with van der Waals surface area (Å²) in [5.41, 5.74) is 3.10. The van der Waals surface area contributed by atoms with Gasteiger partial charge >= 0.3 is 6.09 Å². The number of likely N-dealkylation sites (tertiary alicyclic amines) is 1. The number of aromatic nitrogens is 2. The molecule has 3 N–H and O–H groups in total. The number of carbonyl (C=O) groups is 5. The molecule has 15 nitrogen and oxygen atoms in total. The molecular weight excluding hydrogens is 779 g/mol. The Balaban J connectivity index is 0.703. The monoisotopic (exact) mass is 820 g/mol. The van der Waals surface area contributed by atoms with Crippen molar-refractivity contribution in [2.75, 3.05) is 61.4 Å². The highest BCUT2D eigenvalue weighted by Crippen LogP contribution is 2.51. The normalized spacial score (nSPS) is 21.5. The number of pyridine rings is 2. The third-order valence-corrected chi connectivity index (χ3v) is 13.1. The number of halogens is 2. The second-order valence-electron chi connectivity index (χ2n) is 16.9. The van der Waals surface area contributed by atoms with Gasteiger partial charge in [-0.3, -0.25) is 34.7 Å². The highest BCUT2D eigenvalue weighted by atomic mass is 19.1. The molecule has 5 aliphatic heterocycles. The molecule has 3 saturated heterocycles. The Bertz CT molecular complexity index is 2510. The lowest BCUT2D eigenvalue weighted by Gasteiger charge is -2.52. The Morgan fingerprint density at radius 1 is 0.967 bits per heavy atom. The summed E-state index contributed by atoms with van der Waals surface area (Å²) in [6.07, 6.45) is 5.88. The molecular formula is C43H42F2N8O7. The van der Waals surface area contributed by atoms with E-state index in [4.69, 9.17) is 9.47 Å². The van der Waals surface area contributed by atoms with Crippen molar-refractivity contribution in [3.05, 3.63) is 71.1 Å². The molecule has 1 saturated carbocycles. The van der Waals surface area contributed by atoms with E-state index in [2.05, 4.69) is 30.8 Å². The number of benzene rings is 2. The summed E-state index contributed by atoms with van der Waals surface area (Å²) >= 11 is 0. The van der Waals surface area contributed by atoms with Gasteiger partial charge in [0.15, 0.2) is 0 Å². The number of carbonyl (C=O) groups excluding carboxylic acids is 5. The zero-order valence-electron chi connectivity index (χ0n) is 32.8. The molecule has 1 unspecified atom stereocenters. The Morgan fingerprint density at radius 3 is 2.55 bits per heavy atom. The average Bonchev–Trinajstić information content (AvgIpc) is 3.44. The third kappa shape index (κ3) is 6.64. The molecule has 4 fully saturated rings. The van der Waals surface area contributed by atoms with Gasteiger partial charge in [0.2, 0.25) is 17.7 Å². The van der Waals surface area contributed by atoms with Gasteiger partial charge in [0.25, 0.3) is 11.8 Å². The summed E-state index contributed by atoms with van der Waals surface area (Å²) < 4.78 is 41.5. The lowest BCUT2D eigenvalue weighted by molar-refractivity contribution is -0.136. The van der Waals surface area contributed by atoms with Crippen molar-refractivity contribution in [1.29, 1.82) is 0 Å². The van der Waals surface area contributed by atoms with Crippen LogP contribution >= 0.6 is 0 Å². The third-order valence-electron chi connectivity index (χ3n) is 13.1. The Labute approximate surface area is 342 Å². The smallest absolute Gasteiger partial charge is 0.413 e. The molecule has 10 rings (SSSR count). The van der Waals surface area contributed by atoms with Crippen LogP contribution in [0.2, 0.25) is 0 Å². The first-order chi connectivity index (χ1) is 28.9. The molecule has 2 aromatic carbocycles. The zero-order chi connectivity index (χ0) is 41.4. The van der Waals surface area contributed by atoms with E-state index in [-0.39, 0.29) is 41.4 Å². The largest absolute Gasteiger partial charge is 0.474 e. The van der Waals surface area contributed by atoms with Crippen LogP contribution < -0.4 is 25.6 Å².